The van der Waals surface area contributed by atoms with Crippen LogP contribution in [0.3, 0.4) is 0 Å². The summed E-state index contributed by atoms with van der Waals surface area (Å²) >= 11 is 0. The molecule has 1 unspecified atom stereocenters. The first-order chi connectivity index (χ1) is 9.40. The molecule has 1 aromatic rings. The van der Waals surface area contributed by atoms with Gasteiger partial charge in [-0.1, -0.05) is 13.8 Å². The first-order valence-corrected chi connectivity index (χ1v) is 6.75. The maximum Gasteiger partial charge on any atom is 0.303 e. The van der Waals surface area contributed by atoms with Crippen LogP contribution in [0.5, 0.6) is 0 Å². The van der Waals surface area contributed by atoms with E-state index >= 15 is 0 Å². The van der Waals surface area contributed by atoms with Gasteiger partial charge in [0.15, 0.2) is 0 Å². The fourth-order valence-electron chi connectivity index (χ4n) is 2.23. The maximum absolute atomic E-state index is 10.9. The molecule has 1 atom stereocenters. The summed E-state index contributed by atoms with van der Waals surface area (Å²) in [6.45, 7) is 6.53. The number of pyridine rings is 1. The zero-order chi connectivity index (χ0) is 15.1. The minimum atomic E-state index is -0.785. The summed E-state index contributed by atoms with van der Waals surface area (Å²) in [7, 11) is 0. The molecule has 0 aliphatic rings. The topological polar surface area (TPSA) is 86.0 Å². The Morgan fingerprint density at radius 2 is 2.20 bits per heavy atom. The lowest BCUT2D eigenvalue weighted by Gasteiger charge is -2.18. The highest BCUT2D eigenvalue weighted by molar-refractivity contribution is 5.67. The lowest BCUT2D eigenvalue weighted by atomic mass is 9.94. The Labute approximate surface area is 119 Å². The van der Waals surface area contributed by atoms with E-state index in [-0.39, 0.29) is 12.3 Å². The molecule has 0 aliphatic carbocycles. The maximum atomic E-state index is 10.9. The standard InChI is InChI=1S/C15H21N3O2/c1-10(2)4-13(7-15(19)20)9-17-14-6-12(8-16)5-11(3)18-14/h5-6,10,13H,4,7,9H2,1-3H3,(H,17,18)(H,19,20). The van der Waals surface area contributed by atoms with Crippen molar-refractivity contribution in [1.29, 1.82) is 5.26 Å². The molecule has 0 saturated carbocycles. The fraction of sp³-hybridized carbons (Fsp3) is 0.533. The van der Waals surface area contributed by atoms with Gasteiger partial charge in [0.1, 0.15) is 5.82 Å². The zero-order valence-corrected chi connectivity index (χ0v) is 12.2. The first-order valence-electron chi connectivity index (χ1n) is 6.75. The van der Waals surface area contributed by atoms with Crippen molar-refractivity contribution in [2.24, 2.45) is 11.8 Å². The number of hydrogen-bond acceptors (Lipinski definition) is 4. The summed E-state index contributed by atoms with van der Waals surface area (Å²) in [6.07, 6.45) is 0.984. The van der Waals surface area contributed by atoms with E-state index in [1.165, 1.54) is 0 Å². The van der Waals surface area contributed by atoms with Crippen LogP contribution in [0, 0.1) is 30.1 Å². The van der Waals surface area contributed by atoms with Crippen molar-refractivity contribution in [2.45, 2.75) is 33.6 Å². The van der Waals surface area contributed by atoms with Crippen molar-refractivity contribution in [2.75, 3.05) is 11.9 Å². The normalized spacial score (nSPS) is 11.9. The van der Waals surface area contributed by atoms with Gasteiger partial charge in [-0.25, -0.2) is 4.98 Å². The van der Waals surface area contributed by atoms with Gasteiger partial charge in [0.25, 0.3) is 0 Å². The van der Waals surface area contributed by atoms with Gasteiger partial charge < -0.3 is 10.4 Å². The van der Waals surface area contributed by atoms with Gasteiger partial charge in [-0.2, -0.15) is 5.26 Å². The molecule has 0 saturated heterocycles. The molecule has 20 heavy (non-hydrogen) atoms. The van der Waals surface area contributed by atoms with E-state index in [4.69, 9.17) is 10.4 Å². The summed E-state index contributed by atoms with van der Waals surface area (Å²) in [4.78, 5) is 15.2. The summed E-state index contributed by atoms with van der Waals surface area (Å²) in [6, 6.07) is 5.48. The Hall–Kier alpha value is -2.09. The minimum Gasteiger partial charge on any atom is -0.481 e. The van der Waals surface area contributed by atoms with Crippen LogP contribution in [0.2, 0.25) is 0 Å². The van der Waals surface area contributed by atoms with Crippen LogP contribution >= 0.6 is 0 Å². The van der Waals surface area contributed by atoms with E-state index in [0.29, 0.717) is 23.8 Å². The molecule has 0 amide bonds. The molecular formula is C15H21N3O2. The molecule has 2 N–H and O–H groups in total. The zero-order valence-electron chi connectivity index (χ0n) is 12.2. The summed E-state index contributed by atoms with van der Waals surface area (Å²) in [5.41, 5.74) is 1.32. The number of rotatable bonds is 7. The van der Waals surface area contributed by atoms with Crippen LogP contribution in [0.25, 0.3) is 0 Å². The number of aromatic nitrogens is 1. The van der Waals surface area contributed by atoms with Crippen LogP contribution in [-0.4, -0.2) is 22.6 Å². The number of hydrogen-bond donors (Lipinski definition) is 2. The number of carboxylic acid groups (broad SMARTS) is 1. The smallest absolute Gasteiger partial charge is 0.303 e. The Morgan fingerprint density at radius 3 is 2.75 bits per heavy atom. The quantitative estimate of drug-likeness (QED) is 0.799. The molecule has 0 spiro atoms. The van der Waals surface area contributed by atoms with E-state index in [0.717, 1.165) is 12.1 Å². The average molecular weight is 275 g/mol. The van der Waals surface area contributed by atoms with Gasteiger partial charge in [0.05, 0.1) is 11.6 Å². The predicted octanol–water partition coefficient (Wildman–Crippen LogP) is 2.81. The van der Waals surface area contributed by atoms with E-state index < -0.39 is 5.97 Å². The van der Waals surface area contributed by atoms with Gasteiger partial charge in [-0.15, -0.1) is 0 Å². The van der Waals surface area contributed by atoms with Gasteiger partial charge in [-0.05, 0) is 37.3 Å². The Bertz CT molecular complexity index is 506. The Balaban J connectivity index is 2.69. The summed E-state index contributed by atoms with van der Waals surface area (Å²) < 4.78 is 0. The van der Waals surface area contributed by atoms with E-state index in [1.54, 1.807) is 12.1 Å². The number of carboxylic acids is 1. The van der Waals surface area contributed by atoms with Gasteiger partial charge >= 0.3 is 5.97 Å². The molecule has 5 nitrogen and oxygen atoms in total. The van der Waals surface area contributed by atoms with Crippen LogP contribution in [0.4, 0.5) is 5.82 Å². The van der Waals surface area contributed by atoms with E-state index in [2.05, 4.69) is 30.2 Å². The molecule has 0 fully saturated rings. The van der Waals surface area contributed by atoms with Gasteiger partial charge in [-0.3, -0.25) is 4.79 Å². The van der Waals surface area contributed by atoms with Crippen molar-refractivity contribution in [1.82, 2.24) is 4.98 Å². The molecule has 0 bridgehead atoms. The molecule has 0 aromatic carbocycles. The summed E-state index contributed by atoms with van der Waals surface area (Å²) in [5, 5.41) is 21.0. The third-order valence-corrected chi connectivity index (χ3v) is 2.92. The van der Waals surface area contributed by atoms with E-state index in [9.17, 15) is 4.79 Å². The largest absolute Gasteiger partial charge is 0.481 e. The van der Waals surface area contributed by atoms with Crippen molar-refractivity contribution >= 4 is 11.8 Å². The van der Waals surface area contributed by atoms with Crippen molar-refractivity contribution in [3.05, 3.63) is 23.4 Å². The molecule has 0 radical (unpaired) electrons. The molecule has 1 rings (SSSR count). The molecule has 1 heterocycles. The average Bonchev–Trinajstić information content (AvgIpc) is 2.34. The van der Waals surface area contributed by atoms with E-state index in [1.807, 2.05) is 6.92 Å². The first kappa shape index (κ1) is 16.0. The fourth-order valence-corrected chi connectivity index (χ4v) is 2.23. The predicted molar refractivity (Wildman–Crippen MR) is 77.4 cm³/mol. The number of nitriles is 1. The molecular weight excluding hydrogens is 254 g/mol. The monoisotopic (exact) mass is 275 g/mol. The highest BCUT2D eigenvalue weighted by atomic mass is 16.4. The summed E-state index contributed by atoms with van der Waals surface area (Å²) in [5.74, 6) is 0.342. The second kappa shape index (κ2) is 7.49. The van der Waals surface area contributed by atoms with Crippen LogP contribution < -0.4 is 5.32 Å². The number of nitrogens with one attached hydrogen (secondary N) is 1. The molecule has 5 heteroatoms. The number of nitrogens with zero attached hydrogens (tertiary/aromatic N) is 2. The third kappa shape index (κ3) is 5.70. The third-order valence-electron chi connectivity index (χ3n) is 2.92. The highest BCUT2D eigenvalue weighted by Gasteiger charge is 2.15. The van der Waals surface area contributed by atoms with Crippen molar-refractivity contribution in [3.8, 4) is 6.07 Å². The lowest BCUT2D eigenvalue weighted by Crippen LogP contribution is -2.20. The minimum absolute atomic E-state index is 0.0559. The number of carbonyl (C=O) groups is 1. The highest BCUT2D eigenvalue weighted by Crippen LogP contribution is 2.17. The lowest BCUT2D eigenvalue weighted by molar-refractivity contribution is -0.138. The van der Waals surface area contributed by atoms with Crippen molar-refractivity contribution < 1.29 is 9.90 Å². The number of aryl methyl sites for hydroxylation is 1. The Kier molecular flexibility index (Phi) is 5.98. The molecule has 1 aromatic heterocycles. The van der Waals surface area contributed by atoms with Crippen LogP contribution in [0.1, 0.15) is 37.9 Å². The second-order valence-corrected chi connectivity index (χ2v) is 5.47. The molecule has 0 aliphatic heterocycles. The van der Waals surface area contributed by atoms with Gasteiger partial charge in [0, 0.05) is 18.7 Å². The number of anilines is 1. The van der Waals surface area contributed by atoms with Gasteiger partial charge in [0.2, 0.25) is 0 Å². The van der Waals surface area contributed by atoms with Crippen LogP contribution in [-0.2, 0) is 4.79 Å². The molecule has 108 valence electrons. The second-order valence-electron chi connectivity index (χ2n) is 5.47. The van der Waals surface area contributed by atoms with Crippen molar-refractivity contribution in [3.63, 3.8) is 0 Å². The SMILES string of the molecule is Cc1cc(C#N)cc(NCC(CC(=O)O)CC(C)C)n1. The van der Waals surface area contributed by atoms with Crippen LogP contribution in [0.15, 0.2) is 12.1 Å². The Morgan fingerprint density at radius 1 is 1.50 bits per heavy atom. The number of aliphatic carboxylic acids is 1.